The SMILES string of the molecule is COc1ccc(CNC(=O)Nc2sc(C)nc2CC(C)C)cc1. The van der Waals surface area contributed by atoms with Gasteiger partial charge in [-0.2, -0.15) is 0 Å². The number of aryl methyl sites for hydroxylation is 1. The molecule has 1 aromatic heterocycles. The Morgan fingerprint density at radius 3 is 2.61 bits per heavy atom. The van der Waals surface area contributed by atoms with Crippen molar-refractivity contribution in [2.75, 3.05) is 12.4 Å². The number of amides is 2. The van der Waals surface area contributed by atoms with Gasteiger partial charge in [0.05, 0.1) is 17.8 Å². The van der Waals surface area contributed by atoms with Gasteiger partial charge in [-0.1, -0.05) is 26.0 Å². The summed E-state index contributed by atoms with van der Waals surface area (Å²) in [5.41, 5.74) is 1.98. The third-order valence-electron chi connectivity index (χ3n) is 3.25. The molecule has 124 valence electrons. The summed E-state index contributed by atoms with van der Waals surface area (Å²) in [4.78, 5) is 16.6. The first-order valence-electron chi connectivity index (χ1n) is 7.62. The highest BCUT2D eigenvalue weighted by molar-refractivity contribution is 7.16. The molecule has 1 aromatic carbocycles. The van der Waals surface area contributed by atoms with Crippen molar-refractivity contribution in [1.82, 2.24) is 10.3 Å². The Bertz CT molecular complexity index is 650. The Hall–Kier alpha value is -2.08. The standard InChI is InChI=1S/C17H23N3O2S/c1-11(2)9-15-16(23-12(3)19-15)20-17(21)18-10-13-5-7-14(22-4)8-6-13/h5-8,11H,9-10H2,1-4H3,(H2,18,20,21). The molecule has 0 saturated heterocycles. The van der Waals surface area contributed by atoms with Gasteiger partial charge in [-0.3, -0.25) is 5.32 Å². The van der Waals surface area contributed by atoms with Gasteiger partial charge in [0.1, 0.15) is 10.8 Å². The van der Waals surface area contributed by atoms with E-state index in [4.69, 9.17) is 4.74 Å². The fourth-order valence-electron chi connectivity index (χ4n) is 2.17. The molecule has 5 nitrogen and oxygen atoms in total. The van der Waals surface area contributed by atoms with E-state index < -0.39 is 0 Å². The summed E-state index contributed by atoms with van der Waals surface area (Å²) in [5, 5.41) is 7.57. The molecule has 2 N–H and O–H groups in total. The maximum absolute atomic E-state index is 12.1. The average molecular weight is 333 g/mol. The summed E-state index contributed by atoms with van der Waals surface area (Å²) >= 11 is 1.51. The quantitative estimate of drug-likeness (QED) is 0.840. The first kappa shape index (κ1) is 17.3. The van der Waals surface area contributed by atoms with Gasteiger partial charge < -0.3 is 10.1 Å². The third-order valence-corrected chi connectivity index (χ3v) is 4.17. The molecule has 0 fully saturated rings. The van der Waals surface area contributed by atoms with Crippen LogP contribution in [0.1, 0.15) is 30.1 Å². The Balaban J connectivity index is 1.91. The van der Waals surface area contributed by atoms with Crippen LogP contribution in [0.4, 0.5) is 9.80 Å². The lowest BCUT2D eigenvalue weighted by molar-refractivity contribution is 0.252. The van der Waals surface area contributed by atoms with E-state index in [2.05, 4.69) is 29.5 Å². The smallest absolute Gasteiger partial charge is 0.320 e. The van der Waals surface area contributed by atoms with Crippen LogP contribution < -0.4 is 15.4 Å². The predicted molar refractivity (Wildman–Crippen MR) is 94.2 cm³/mol. The summed E-state index contributed by atoms with van der Waals surface area (Å²) < 4.78 is 5.12. The number of hydrogen-bond acceptors (Lipinski definition) is 4. The molecule has 0 bridgehead atoms. The van der Waals surface area contributed by atoms with Crippen LogP contribution >= 0.6 is 11.3 Å². The molecular formula is C17H23N3O2S. The second-order valence-electron chi connectivity index (χ2n) is 5.76. The lowest BCUT2D eigenvalue weighted by Crippen LogP contribution is -2.28. The zero-order chi connectivity index (χ0) is 16.8. The van der Waals surface area contributed by atoms with Crippen LogP contribution in [-0.2, 0) is 13.0 Å². The molecule has 0 aliphatic carbocycles. The summed E-state index contributed by atoms with van der Waals surface area (Å²) in [6, 6.07) is 7.40. The molecule has 0 aliphatic heterocycles. The second-order valence-corrected chi connectivity index (χ2v) is 6.97. The number of nitrogens with zero attached hydrogens (tertiary/aromatic N) is 1. The minimum atomic E-state index is -0.213. The Kier molecular flexibility index (Phi) is 5.98. The first-order valence-corrected chi connectivity index (χ1v) is 8.43. The zero-order valence-corrected chi connectivity index (χ0v) is 14.8. The van der Waals surface area contributed by atoms with E-state index in [9.17, 15) is 4.79 Å². The van der Waals surface area contributed by atoms with Gasteiger partial charge in [-0.05, 0) is 37.0 Å². The topological polar surface area (TPSA) is 63.2 Å². The molecule has 2 rings (SSSR count). The van der Waals surface area contributed by atoms with E-state index in [1.807, 2.05) is 31.2 Å². The monoisotopic (exact) mass is 333 g/mol. The van der Waals surface area contributed by atoms with E-state index in [0.29, 0.717) is 12.5 Å². The van der Waals surface area contributed by atoms with Gasteiger partial charge in [-0.25, -0.2) is 9.78 Å². The molecular weight excluding hydrogens is 310 g/mol. The van der Waals surface area contributed by atoms with Crippen molar-refractivity contribution in [3.8, 4) is 5.75 Å². The molecule has 1 heterocycles. The number of nitrogens with one attached hydrogen (secondary N) is 2. The maximum atomic E-state index is 12.1. The van der Waals surface area contributed by atoms with Crippen molar-refractivity contribution < 1.29 is 9.53 Å². The summed E-state index contributed by atoms with van der Waals surface area (Å²) in [6.45, 7) is 6.70. The van der Waals surface area contributed by atoms with E-state index in [1.54, 1.807) is 7.11 Å². The van der Waals surface area contributed by atoms with Crippen molar-refractivity contribution in [1.29, 1.82) is 0 Å². The van der Waals surface area contributed by atoms with Crippen molar-refractivity contribution in [2.24, 2.45) is 5.92 Å². The normalized spacial score (nSPS) is 10.7. The number of urea groups is 1. The van der Waals surface area contributed by atoms with Crippen molar-refractivity contribution >= 4 is 22.4 Å². The molecule has 0 radical (unpaired) electrons. The lowest BCUT2D eigenvalue weighted by atomic mass is 10.1. The number of carbonyl (C=O) groups excluding carboxylic acids is 1. The molecule has 0 unspecified atom stereocenters. The Morgan fingerprint density at radius 2 is 2.00 bits per heavy atom. The second kappa shape index (κ2) is 7.97. The summed E-state index contributed by atoms with van der Waals surface area (Å²) in [6.07, 6.45) is 0.860. The fraction of sp³-hybridized carbons (Fsp3) is 0.412. The number of methoxy groups -OCH3 is 1. The summed E-state index contributed by atoms with van der Waals surface area (Å²) in [5.74, 6) is 1.30. The number of aromatic nitrogens is 1. The van der Waals surface area contributed by atoms with E-state index in [-0.39, 0.29) is 6.03 Å². The Morgan fingerprint density at radius 1 is 1.30 bits per heavy atom. The van der Waals surface area contributed by atoms with Gasteiger partial charge in [0.2, 0.25) is 0 Å². The largest absolute Gasteiger partial charge is 0.497 e. The van der Waals surface area contributed by atoms with E-state index in [0.717, 1.165) is 33.4 Å². The number of rotatable bonds is 6. The Labute approximate surface area is 141 Å². The van der Waals surface area contributed by atoms with E-state index in [1.165, 1.54) is 11.3 Å². The maximum Gasteiger partial charge on any atom is 0.320 e. The molecule has 6 heteroatoms. The van der Waals surface area contributed by atoms with Gasteiger partial charge in [0, 0.05) is 6.54 Å². The van der Waals surface area contributed by atoms with Crippen molar-refractivity contribution in [3.63, 3.8) is 0 Å². The fourth-order valence-corrected chi connectivity index (χ4v) is 3.01. The molecule has 0 saturated carbocycles. The van der Waals surface area contributed by atoms with Gasteiger partial charge in [-0.15, -0.1) is 11.3 Å². The molecule has 2 amide bonds. The van der Waals surface area contributed by atoms with Crippen LogP contribution in [0.15, 0.2) is 24.3 Å². The number of thiazole rings is 1. The van der Waals surface area contributed by atoms with Crippen LogP contribution in [0.3, 0.4) is 0 Å². The number of hydrogen-bond donors (Lipinski definition) is 2. The lowest BCUT2D eigenvalue weighted by Gasteiger charge is -2.09. The van der Waals surface area contributed by atoms with Gasteiger partial charge in [0.15, 0.2) is 0 Å². The number of anilines is 1. The van der Waals surface area contributed by atoms with Crippen LogP contribution in [0.5, 0.6) is 5.75 Å². The van der Waals surface area contributed by atoms with Crippen LogP contribution in [0.2, 0.25) is 0 Å². The molecule has 0 aliphatic rings. The summed E-state index contributed by atoms with van der Waals surface area (Å²) in [7, 11) is 1.63. The van der Waals surface area contributed by atoms with Gasteiger partial charge in [0.25, 0.3) is 0 Å². The van der Waals surface area contributed by atoms with Crippen molar-refractivity contribution in [2.45, 2.75) is 33.7 Å². The van der Waals surface area contributed by atoms with Gasteiger partial charge >= 0.3 is 6.03 Å². The highest BCUT2D eigenvalue weighted by atomic mass is 32.1. The first-order chi connectivity index (χ1) is 11.0. The highest BCUT2D eigenvalue weighted by Gasteiger charge is 2.13. The average Bonchev–Trinajstić information content (AvgIpc) is 2.84. The number of carbonyl (C=O) groups is 1. The number of ether oxygens (including phenoxy) is 1. The number of benzene rings is 1. The predicted octanol–water partition coefficient (Wildman–Crippen LogP) is 3.98. The molecule has 0 spiro atoms. The molecule has 23 heavy (non-hydrogen) atoms. The van der Waals surface area contributed by atoms with E-state index >= 15 is 0 Å². The third kappa shape index (κ3) is 5.25. The van der Waals surface area contributed by atoms with Crippen LogP contribution in [-0.4, -0.2) is 18.1 Å². The highest BCUT2D eigenvalue weighted by Crippen LogP contribution is 2.26. The van der Waals surface area contributed by atoms with Crippen LogP contribution in [0, 0.1) is 12.8 Å². The minimum absolute atomic E-state index is 0.213. The minimum Gasteiger partial charge on any atom is -0.497 e. The van der Waals surface area contributed by atoms with Crippen LogP contribution in [0.25, 0.3) is 0 Å². The van der Waals surface area contributed by atoms with Crippen molar-refractivity contribution in [3.05, 3.63) is 40.5 Å². The molecule has 2 aromatic rings. The molecule has 0 atom stereocenters. The zero-order valence-electron chi connectivity index (χ0n) is 14.0.